The molecule has 0 aliphatic heterocycles. The summed E-state index contributed by atoms with van der Waals surface area (Å²) in [6, 6.07) is 20.0. The number of aromatic nitrogens is 2. The molecule has 0 unspecified atom stereocenters. The van der Waals surface area contributed by atoms with Crippen LogP contribution in [-0.2, 0) is 7.05 Å². The van der Waals surface area contributed by atoms with Crippen LogP contribution in [0.25, 0.3) is 22.0 Å². The van der Waals surface area contributed by atoms with Crippen LogP contribution in [0.15, 0.2) is 72.9 Å². The largest absolute Gasteiger partial charge is 0.508 e. The van der Waals surface area contributed by atoms with Crippen LogP contribution in [0.4, 0.5) is 5.69 Å². The van der Waals surface area contributed by atoms with Gasteiger partial charge in [-0.1, -0.05) is 30.3 Å². The fourth-order valence-electron chi connectivity index (χ4n) is 2.92. The van der Waals surface area contributed by atoms with Crippen molar-refractivity contribution in [3.05, 3.63) is 78.5 Å². The average Bonchev–Trinajstić information content (AvgIpc) is 3.01. The molecule has 0 bridgehead atoms. The molecule has 1 amide bonds. The second kappa shape index (κ2) is 6.37. The summed E-state index contributed by atoms with van der Waals surface area (Å²) in [4.78, 5) is 12.5. The van der Waals surface area contributed by atoms with Gasteiger partial charge in [0.1, 0.15) is 5.75 Å². The Morgan fingerprint density at radius 3 is 2.58 bits per heavy atom. The molecular formula is C21H17N3O2. The molecule has 4 rings (SSSR count). The summed E-state index contributed by atoms with van der Waals surface area (Å²) in [5.41, 5.74) is 3.95. The number of amides is 1. The normalized spacial score (nSPS) is 10.8. The van der Waals surface area contributed by atoms with Crippen LogP contribution in [-0.4, -0.2) is 20.8 Å². The van der Waals surface area contributed by atoms with Crippen LogP contribution in [0.5, 0.6) is 5.75 Å². The van der Waals surface area contributed by atoms with Crippen molar-refractivity contribution in [2.75, 3.05) is 5.32 Å². The van der Waals surface area contributed by atoms with Crippen molar-refractivity contribution in [1.82, 2.24) is 9.78 Å². The van der Waals surface area contributed by atoms with Crippen molar-refractivity contribution in [3.63, 3.8) is 0 Å². The predicted octanol–water partition coefficient (Wildman–Crippen LogP) is 4.20. The summed E-state index contributed by atoms with van der Waals surface area (Å²) < 4.78 is 1.73. The van der Waals surface area contributed by atoms with E-state index in [1.165, 1.54) is 0 Å². The van der Waals surface area contributed by atoms with Crippen molar-refractivity contribution in [2.24, 2.45) is 7.05 Å². The van der Waals surface area contributed by atoms with Gasteiger partial charge in [0.15, 0.2) is 0 Å². The molecule has 5 heteroatoms. The molecule has 1 aromatic heterocycles. The number of benzene rings is 3. The van der Waals surface area contributed by atoms with Gasteiger partial charge in [0, 0.05) is 29.9 Å². The van der Waals surface area contributed by atoms with E-state index >= 15 is 0 Å². The number of nitrogens with zero attached hydrogens (tertiary/aromatic N) is 2. The zero-order valence-electron chi connectivity index (χ0n) is 14.2. The maximum atomic E-state index is 12.5. The lowest BCUT2D eigenvalue weighted by Gasteiger charge is -2.07. The third-order valence-corrected chi connectivity index (χ3v) is 4.21. The van der Waals surface area contributed by atoms with Gasteiger partial charge in [0.05, 0.1) is 5.52 Å². The predicted molar refractivity (Wildman–Crippen MR) is 102 cm³/mol. The molecule has 3 aromatic carbocycles. The number of carbonyl (C=O) groups excluding carboxylic acids is 1. The van der Waals surface area contributed by atoms with E-state index in [2.05, 4.69) is 10.4 Å². The Morgan fingerprint density at radius 1 is 1.00 bits per heavy atom. The van der Waals surface area contributed by atoms with E-state index < -0.39 is 0 Å². The number of aromatic hydroxyl groups is 1. The number of fused-ring (bicyclic) bond motifs is 1. The number of hydrogen-bond donors (Lipinski definition) is 2. The van der Waals surface area contributed by atoms with Crippen molar-refractivity contribution < 1.29 is 9.90 Å². The number of phenols is 1. The first kappa shape index (κ1) is 15.9. The summed E-state index contributed by atoms with van der Waals surface area (Å²) in [7, 11) is 1.85. The second-order valence-electron chi connectivity index (χ2n) is 6.16. The minimum atomic E-state index is -0.178. The van der Waals surface area contributed by atoms with Crippen molar-refractivity contribution in [3.8, 4) is 16.9 Å². The number of carbonyl (C=O) groups is 1. The quantitative estimate of drug-likeness (QED) is 0.586. The zero-order valence-corrected chi connectivity index (χ0v) is 14.2. The number of nitrogens with one attached hydrogen (secondary N) is 1. The summed E-state index contributed by atoms with van der Waals surface area (Å²) in [5.74, 6) is 0.0486. The lowest BCUT2D eigenvalue weighted by molar-refractivity contribution is 0.102. The van der Waals surface area contributed by atoms with E-state index in [1.807, 2.05) is 49.6 Å². The van der Waals surface area contributed by atoms with E-state index in [9.17, 15) is 9.90 Å². The highest BCUT2D eigenvalue weighted by Gasteiger charge is 2.09. The molecule has 2 N–H and O–H groups in total. The fourth-order valence-corrected chi connectivity index (χ4v) is 2.92. The molecule has 0 aliphatic carbocycles. The van der Waals surface area contributed by atoms with Crippen LogP contribution in [0.1, 0.15) is 10.4 Å². The van der Waals surface area contributed by atoms with Crippen molar-refractivity contribution in [2.45, 2.75) is 0 Å². The number of anilines is 1. The average molecular weight is 343 g/mol. The third kappa shape index (κ3) is 3.15. The molecule has 5 nitrogen and oxygen atoms in total. The Bertz CT molecular complexity index is 1100. The van der Waals surface area contributed by atoms with E-state index in [0.29, 0.717) is 11.3 Å². The van der Waals surface area contributed by atoms with E-state index in [-0.39, 0.29) is 11.7 Å². The monoisotopic (exact) mass is 343 g/mol. The van der Waals surface area contributed by atoms with Gasteiger partial charge in [-0.05, 0) is 47.5 Å². The van der Waals surface area contributed by atoms with E-state index in [0.717, 1.165) is 22.0 Å². The standard InChI is InChI=1S/C21H17N3O2/c1-24-13-17-6-5-16(12-20(17)23-24)21(26)22-18-9-7-14(8-10-18)15-3-2-4-19(25)11-15/h2-13,25H,1H3,(H,22,26). The van der Waals surface area contributed by atoms with Gasteiger partial charge in [-0.2, -0.15) is 5.10 Å². The fraction of sp³-hybridized carbons (Fsp3) is 0.0476. The molecule has 0 radical (unpaired) electrons. The third-order valence-electron chi connectivity index (χ3n) is 4.21. The van der Waals surface area contributed by atoms with Crippen molar-refractivity contribution >= 4 is 22.5 Å². The maximum Gasteiger partial charge on any atom is 0.255 e. The van der Waals surface area contributed by atoms with E-state index in [1.54, 1.807) is 35.0 Å². The SMILES string of the molecule is Cn1cc2ccc(C(=O)Nc3ccc(-c4cccc(O)c4)cc3)cc2n1. The molecule has 0 saturated carbocycles. The van der Waals surface area contributed by atoms with Crippen LogP contribution < -0.4 is 5.32 Å². The first-order valence-corrected chi connectivity index (χ1v) is 8.23. The number of rotatable bonds is 3. The van der Waals surface area contributed by atoms with Gasteiger partial charge in [-0.15, -0.1) is 0 Å². The van der Waals surface area contributed by atoms with Gasteiger partial charge >= 0.3 is 0 Å². The van der Waals surface area contributed by atoms with E-state index in [4.69, 9.17) is 0 Å². The number of phenolic OH excluding ortho intramolecular Hbond substituents is 1. The second-order valence-corrected chi connectivity index (χ2v) is 6.16. The first-order valence-electron chi connectivity index (χ1n) is 8.23. The summed E-state index contributed by atoms with van der Waals surface area (Å²) >= 11 is 0. The molecule has 1 heterocycles. The highest BCUT2D eigenvalue weighted by molar-refractivity contribution is 6.06. The molecule has 0 fully saturated rings. The van der Waals surface area contributed by atoms with Crippen molar-refractivity contribution in [1.29, 1.82) is 0 Å². The summed E-state index contributed by atoms with van der Waals surface area (Å²) in [5, 5.41) is 17.8. The smallest absolute Gasteiger partial charge is 0.255 e. The van der Waals surface area contributed by atoms with Crippen LogP contribution in [0.3, 0.4) is 0 Å². The highest BCUT2D eigenvalue weighted by Crippen LogP contribution is 2.25. The molecule has 0 aliphatic rings. The number of aryl methyl sites for hydroxylation is 1. The Balaban J connectivity index is 1.53. The Morgan fingerprint density at radius 2 is 1.81 bits per heavy atom. The molecule has 0 saturated heterocycles. The Kier molecular flexibility index (Phi) is 3.89. The minimum absolute atomic E-state index is 0.178. The Labute approximate surface area is 150 Å². The highest BCUT2D eigenvalue weighted by atomic mass is 16.3. The zero-order chi connectivity index (χ0) is 18.1. The molecule has 0 spiro atoms. The summed E-state index contributed by atoms with van der Waals surface area (Å²) in [6.45, 7) is 0. The first-order chi connectivity index (χ1) is 12.6. The lowest BCUT2D eigenvalue weighted by atomic mass is 10.1. The van der Waals surface area contributed by atoms with Gasteiger partial charge in [0.2, 0.25) is 0 Å². The maximum absolute atomic E-state index is 12.5. The van der Waals surface area contributed by atoms with Gasteiger partial charge in [-0.25, -0.2) is 0 Å². The molecule has 26 heavy (non-hydrogen) atoms. The topological polar surface area (TPSA) is 67.2 Å². The molecule has 4 aromatic rings. The van der Waals surface area contributed by atoms with Gasteiger partial charge in [-0.3, -0.25) is 9.48 Å². The number of hydrogen-bond acceptors (Lipinski definition) is 3. The van der Waals surface area contributed by atoms with Gasteiger partial charge in [0.25, 0.3) is 5.91 Å². The van der Waals surface area contributed by atoms with Crippen LogP contribution >= 0.6 is 0 Å². The lowest BCUT2D eigenvalue weighted by Crippen LogP contribution is -2.11. The summed E-state index contributed by atoms with van der Waals surface area (Å²) in [6.07, 6.45) is 1.91. The van der Waals surface area contributed by atoms with Gasteiger partial charge < -0.3 is 10.4 Å². The molecular weight excluding hydrogens is 326 g/mol. The Hall–Kier alpha value is -3.60. The minimum Gasteiger partial charge on any atom is -0.508 e. The van der Waals surface area contributed by atoms with Crippen LogP contribution in [0, 0.1) is 0 Å². The van der Waals surface area contributed by atoms with Crippen LogP contribution in [0.2, 0.25) is 0 Å². The molecule has 128 valence electrons. The molecule has 0 atom stereocenters.